The van der Waals surface area contributed by atoms with Crippen LogP contribution in [-0.2, 0) is 4.74 Å². The molecule has 0 heterocycles. The van der Waals surface area contributed by atoms with Crippen LogP contribution in [0.2, 0.25) is 0 Å². The first-order valence-electron chi connectivity index (χ1n) is 4.62. The molecule has 1 N–H and O–H groups in total. The Morgan fingerprint density at radius 3 is 2.69 bits per heavy atom. The molecule has 0 aromatic rings. The second-order valence-corrected chi connectivity index (χ2v) is 3.70. The van der Waals surface area contributed by atoms with Crippen LogP contribution in [0.15, 0.2) is 11.6 Å². The van der Waals surface area contributed by atoms with Gasteiger partial charge in [-0.25, -0.2) is 0 Å². The van der Waals surface area contributed by atoms with Crippen molar-refractivity contribution in [2.24, 2.45) is 0 Å². The van der Waals surface area contributed by atoms with Crippen molar-refractivity contribution in [3.05, 3.63) is 11.6 Å². The summed E-state index contributed by atoms with van der Waals surface area (Å²) in [6.45, 7) is 5.81. The predicted molar refractivity (Wildman–Crippen MR) is 58.4 cm³/mol. The number of rotatable bonds is 7. The highest BCUT2D eigenvalue weighted by atomic mass is 35.5. The topological polar surface area (TPSA) is 21.3 Å². The quantitative estimate of drug-likeness (QED) is 0.508. The maximum atomic E-state index is 5.66. The number of hydrogen-bond acceptors (Lipinski definition) is 2. The zero-order valence-electron chi connectivity index (χ0n) is 8.77. The van der Waals surface area contributed by atoms with E-state index in [-0.39, 0.29) is 0 Å². The second kappa shape index (κ2) is 8.54. The molecule has 1 unspecified atom stereocenters. The fourth-order valence-corrected chi connectivity index (χ4v) is 1.27. The lowest BCUT2D eigenvalue weighted by Crippen LogP contribution is -2.33. The van der Waals surface area contributed by atoms with Crippen LogP contribution < -0.4 is 5.32 Å². The summed E-state index contributed by atoms with van der Waals surface area (Å²) in [4.78, 5) is 0. The van der Waals surface area contributed by atoms with Crippen molar-refractivity contribution in [1.82, 2.24) is 5.32 Å². The Bertz CT molecular complexity index is 138. The van der Waals surface area contributed by atoms with Crippen LogP contribution in [0, 0.1) is 0 Å². The SMILES string of the molecule is COCC(CCCl)NCC=C(C)C. The highest BCUT2D eigenvalue weighted by Crippen LogP contribution is 1.95. The summed E-state index contributed by atoms with van der Waals surface area (Å²) in [5, 5.41) is 3.37. The minimum atomic E-state index is 0.373. The van der Waals surface area contributed by atoms with Gasteiger partial charge in [-0.2, -0.15) is 0 Å². The van der Waals surface area contributed by atoms with E-state index in [1.807, 2.05) is 0 Å². The van der Waals surface area contributed by atoms with Crippen molar-refractivity contribution in [3.63, 3.8) is 0 Å². The molecular weight excluding hydrogens is 186 g/mol. The van der Waals surface area contributed by atoms with E-state index < -0.39 is 0 Å². The minimum Gasteiger partial charge on any atom is -0.383 e. The van der Waals surface area contributed by atoms with Crippen molar-refractivity contribution in [3.8, 4) is 0 Å². The zero-order valence-corrected chi connectivity index (χ0v) is 9.53. The van der Waals surface area contributed by atoms with Crippen LogP contribution in [-0.4, -0.2) is 32.2 Å². The number of allylic oxidation sites excluding steroid dienone is 1. The third-order valence-corrected chi connectivity index (χ3v) is 1.96. The van der Waals surface area contributed by atoms with Crippen LogP contribution in [0.4, 0.5) is 0 Å². The molecule has 0 aliphatic heterocycles. The lowest BCUT2D eigenvalue weighted by molar-refractivity contribution is 0.166. The Hall–Kier alpha value is -0.0500. The molecule has 0 spiro atoms. The van der Waals surface area contributed by atoms with E-state index >= 15 is 0 Å². The Morgan fingerprint density at radius 2 is 2.23 bits per heavy atom. The molecule has 3 heteroatoms. The minimum absolute atomic E-state index is 0.373. The van der Waals surface area contributed by atoms with Gasteiger partial charge in [0.05, 0.1) is 6.61 Å². The van der Waals surface area contributed by atoms with Gasteiger partial charge in [-0.1, -0.05) is 11.6 Å². The molecule has 0 rings (SSSR count). The van der Waals surface area contributed by atoms with E-state index in [0.717, 1.165) is 19.6 Å². The zero-order chi connectivity index (χ0) is 10.1. The van der Waals surface area contributed by atoms with Gasteiger partial charge in [0, 0.05) is 25.6 Å². The molecule has 0 saturated carbocycles. The average molecular weight is 206 g/mol. The number of ether oxygens (including phenoxy) is 1. The predicted octanol–water partition coefficient (Wildman–Crippen LogP) is 2.19. The standard InChI is InChI=1S/C10H20ClNO/c1-9(2)5-7-12-10(4-6-11)8-13-3/h5,10,12H,4,6-8H2,1-3H3. The van der Waals surface area contributed by atoms with E-state index in [4.69, 9.17) is 16.3 Å². The summed E-state index contributed by atoms with van der Waals surface area (Å²) >= 11 is 5.66. The van der Waals surface area contributed by atoms with E-state index in [2.05, 4.69) is 25.2 Å². The largest absolute Gasteiger partial charge is 0.383 e. The molecule has 78 valence electrons. The summed E-state index contributed by atoms with van der Waals surface area (Å²) in [6.07, 6.45) is 3.11. The van der Waals surface area contributed by atoms with Gasteiger partial charge in [0.2, 0.25) is 0 Å². The molecule has 0 aliphatic carbocycles. The third-order valence-electron chi connectivity index (χ3n) is 1.74. The molecule has 0 amide bonds. The first-order chi connectivity index (χ1) is 6.20. The average Bonchev–Trinajstić information content (AvgIpc) is 2.04. The Morgan fingerprint density at radius 1 is 1.54 bits per heavy atom. The molecule has 13 heavy (non-hydrogen) atoms. The van der Waals surface area contributed by atoms with Crippen LogP contribution in [0.5, 0.6) is 0 Å². The third kappa shape index (κ3) is 8.28. The summed E-state index contributed by atoms with van der Waals surface area (Å²) in [5.41, 5.74) is 1.33. The second-order valence-electron chi connectivity index (χ2n) is 3.32. The van der Waals surface area contributed by atoms with Crippen molar-refractivity contribution in [2.75, 3.05) is 26.1 Å². The van der Waals surface area contributed by atoms with Gasteiger partial charge in [0.1, 0.15) is 0 Å². The maximum Gasteiger partial charge on any atom is 0.0616 e. The molecule has 0 radical (unpaired) electrons. The van der Waals surface area contributed by atoms with Gasteiger partial charge in [-0.05, 0) is 20.3 Å². The van der Waals surface area contributed by atoms with E-state index in [0.29, 0.717) is 11.9 Å². The van der Waals surface area contributed by atoms with Crippen molar-refractivity contribution < 1.29 is 4.74 Å². The molecule has 0 aromatic heterocycles. The molecule has 2 nitrogen and oxygen atoms in total. The van der Waals surface area contributed by atoms with Crippen molar-refractivity contribution in [1.29, 1.82) is 0 Å². The molecule has 1 atom stereocenters. The number of nitrogens with one attached hydrogen (secondary N) is 1. The van der Waals surface area contributed by atoms with Gasteiger partial charge in [-0.3, -0.25) is 0 Å². The normalized spacial score (nSPS) is 12.6. The lowest BCUT2D eigenvalue weighted by Gasteiger charge is -2.15. The highest BCUT2D eigenvalue weighted by molar-refractivity contribution is 6.17. The molecule has 0 saturated heterocycles. The monoisotopic (exact) mass is 205 g/mol. The van der Waals surface area contributed by atoms with Gasteiger partial charge in [-0.15, -0.1) is 11.6 Å². The molecule has 0 bridgehead atoms. The van der Waals surface area contributed by atoms with Gasteiger partial charge in [0.15, 0.2) is 0 Å². The number of alkyl halides is 1. The van der Waals surface area contributed by atoms with Crippen LogP contribution in [0.1, 0.15) is 20.3 Å². The number of hydrogen-bond donors (Lipinski definition) is 1. The smallest absolute Gasteiger partial charge is 0.0616 e. The molecule has 0 aromatic carbocycles. The van der Waals surface area contributed by atoms with Gasteiger partial charge < -0.3 is 10.1 Å². The summed E-state index contributed by atoms with van der Waals surface area (Å²) < 4.78 is 5.07. The number of halogens is 1. The summed E-state index contributed by atoms with van der Waals surface area (Å²) in [6, 6.07) is 0.373. The fraction of sp³-hybridized carbons (Fsp3) is 0.800. The maximum absolute atomic E-state index is 5.66. The summed E-state index contributed by atoms with van der Waals surface area (Å²) in [5.74, 6) is 0.676. The van der Waals surface area contributed by atoms with Crippen LogP contribution >= 0.6 is 11.6 Å². The van der Waals surface area contributed by atoms with E-state index in [1.165, 1.54) is 5.57 Å². The lowest BCUT2D eigenvalue weighted by atomic mass is 10.2. The molecule has 0 aliphatic rings. The Kier molecular flexibility index (Phi) is 8.51. The van der Waals surface area contributed by atoms with E-state index in [1.54, 1.807) is 7.11 Å². The van der Waals surface area contributed by atoms with Crippen LogP contribution in [0.25, 0.3) is 0 Å². The first kappa shape index (κ1) is 12.9. The first-order valence-corrected chi connectivity index (χ1v) is 5.15. The molecular formula is C10H20ClNO. The van der Waals surface area contributed by atoms with Crippen molar-refractivity contribution >= 4 is 11.6 Å². The highest BCUT2D eigenvalue weighted by Gasteiger charge is 2.04. The van der Waals surface area contributed by atoms with Crippen molar-refractivity contribution in [2.45, 2.75) is 26.3 Å². The summed E-state index contributed by atoms with van der Waals surface area (Å²) in [7, 11) is 1.71. The van der Waals surface area contributed by atoms with E-state index in [9.17, 15) is 0 Å². The Balaban J connectivity index is 3.61. The molecule has 0 fully saturated rings. The fourth-order valence-electron chi connectivity index (χ4n) is 1.01. The Labute approximate surface area is 86.3 Å². The number of methoxy groups -OCH3 is 1. The van der Waals surface area contributed by atoms with Gasteiger partial charge >= 0.3 is 0 Å². The van der Waals surface area contributed by atoms with Crippen LogP contribution in [0.3, 0.4) is 0 Å². The van der Waals surface area contributed by atoms with Gasteiger partial charge in [0.25, 0.3) is 0 Å².